The van der Waals surface area contributed by atoms with Crippen LogP contribution in [0.25, 0.3) is 22.3 Å². The highest BCUT2D eigenvalue weighted by molar-refractivity contribution is 5.87. The molecule has 2 aromatic carbocycles. The molecule has 33 heavy (non-hydrogen) atoms. The van der Waals surface area contributed by atoms with Gasteiger partial charge in [0.25, 0.3) is 0 Å². The van der Waals surface area contributed by atoms with Gasteiger partial charge in [-0.05, 0) is 36.2 Å². The summed E-state index contributed by atoms with van der Waals surface area (Å²) in [7, 11) is 1.58. The fourth-order valence-corrected chi connectivity index (χ4v) is 3.56. The van der Waals surface area contributed by atoms with E-state index in [9.17, 15) is 18.0 Å². The van der Waals surface area contributed by atoms with Gasteiger partial charge in [-0.15, -0.1) is 0 Å². The van der Waals surface area contributed by atoms with Crippen LogP contribution < -0.4 is 10.1 Å². The van der Waals surface area contributed by atoms with Crippen molar-refractivity contribution in [3.63, 3.8) is 0 Å². The minimum atomic E-state index is -4.70. The predicted octanol–water partition coefficient (Wildman–Crippen LogP) is 4.39. The van der Waals surface area contributed by atoms with E-state index in [1.165, 1.54) is 0 Å². The first kappa shape index (κ1) is 22.4. The number of amides is 1. The normalized spacial score (nSPS) is 11.7. The van der Waals surface area contributed by atoms with Crippen LogP contribution in [-0.2, 0) is 23.9 Å². The summed E-state index contributed by atoms with van der Waals surface area (Å²) in [5.74, 6) is -0.907. The number of carbonyl (C=O) groups is 1. The summed E-state index contributed by atoms with van der Waals surface area (Å²) in [6.07, 6.45) is -2.52. The number of hydrogen-bond donors (Lipinski definition) is 1. The number of halogens is 3. The second-order valence-corrected chi connectivity index (χ2v) is 7.53. The van der Waals surface area contributed by atoms with E-state index in [0.29, 0.717) is 18.7 Å². The van der Waals surface area contributed by atoms with Gasteiger partial charge in [0.05, 0.1) is 13.5 Å². The van der Waals surface area contributed by atoms with Gasteiger partial charge in [-0.2, -0.15) is 18.2 Å². The number of nitrogens with zero attached hydrogens (tertiary/aromatic N) is 3. The maximum absolute atomic E-state index is 12.8. The number of nitrogens with one attached hydrogen (secondary N) is 1. The molecule has 1 N–H and O–H groups in total. The van der Waals surface area contributed by atoms with E-state index in [2.05, 4.69) is 20.0 Å². The van der Waals surface area contributed by atoms with Gasteiger partial charge in [0.2, 0.25) is 11.7 Å². The summed E-state index contributed by atoms with van der Waals surface area (Å²) in [5, 5.41) is 7.29. The Balaban J connectivity index is 1.44. The van der Waals surface area contributed by atoms with Crippen molar-refractivity contribution in [1.82, 2.24) is 20.0 Å². The predicted molar refractivity (Wildman–Crippen MR) is 115 cm³/mol. The van der Waals surface area contributed by atoms with E-state index in [4.69, 9.17) is 4.74 Å². The molecule has 0 fully saturated rings. The summed E-state index contributed by atoms with van der Waals surface area (Å²) in [6.45, 7) is 2.82. The molecule has 0 bridgehead atoms. The van der Waals surface area contributed by atoms with Gasteiger partial charge >= 0.3 is 12.1 Å². The molecule has 0 unspecified atom stereocenters. The number of hydrogen-bond acceptors (Lipinski definition) is 5. The van der Waals surface area contributed by atoms with Crippen molar-refractivity contribution in [3.05, 3.63) is 65.7 Å². The number of aryl methyl sites for hydroxylation is 1. The van der Waals surface area contributed by atoms with E-state index in [1.54, 1.807) is 31.4 Å². The first-order valence-corrected chi connectivity index (χ1v) is 10.1. The first-order chi connectivity index (χ1) is 15.7. The van der Waals surface area contributed by atoms with E-state index < -0.39 is 12.1 Å². The maximum atomic E-state index is 12.8. The molecule has 0 aliphatic rings. The number of alkyl halides is 3. The highest BCUT2D eigenvalue weighted by Gasteiger charge is 2.38. The van der Waals surface area contributed by atoms with Gasteiger partial charge in [-0.1, -0.05) is 29.4 Å². The molecule has 0 aliphatic carbocycles. The van der Waals surface area contributed by atoms with Gasteiger partial charge in [0.1, 0.15) is 5.75 Å². The molecule has 0 radical (unpaired) electrons. The number of fused-ring (bicyclic) bond motifs is 1. The van der Waals surface area contributed by atoms with Crippen molar-refractivity contribution in [3.8, 4) is 17.1 Å². The van der Waals surface area contributed by atoms with E-state index >= 15 is 0 Å². The highest BCUT2D eigenvalue weighted by Crippen LogP contribution is 2.31. The van der Waals surface area contributed by atoms with Crippen molar-refractivity contribution in [2.24, 2.45) is 0 Å². The number of methoxy groups -OCH3 is 1. The van der Waals surface area contributed by atoms with Crippen LogP contribution in [-0.4, -0.2) is 34.3 Å². The zero-order valence-electron chi connectivity index (χ0n) is 17.9. The number of benzene rings is 2. The Morgan fingerprint density at radius 1 is 1.18 bits per heavy atom. The first-order valence-electron chi connectivity index (χ1n) is 10.1. The van der Waals surface area contributed by atoms with Crippen LogP contribution in [0.1, 0.15) is 17.0 Å². The summed E-state index contributed by atoms with van der Waals surface area (Å²) < 4.78 is 49.7. The van der Waals surface area contributed by atoms with Gasteiger partial charge in [-0.25, -0.2) is 0 Å². The van der Waals surface area contributed by atoms with Crippen LogP contribution in [0.15, 0.2) is 53.2 Å². The Kier molecular flexibility index (Phi) is 6.08. The van der Waals surface area contributed by atoms with Crippen LogP contribution in [0.3, 0.4) is 0 Å². The lowest BCUT2D eigenvalue weighted by atomic mass is 10.1. The lowest BCUT2D eigenvalue weighted by Gasteiger charge is -2.09. The zero-order chi connectivity index (χ0) is 23.6. The molecule has 10 heteroatoms. The lowest BCUT2D eigenvalue weighted by Crippen LogP contribution is -2.28. The Morgan fingerprint density at radius 3 is 2.61 bits per heavy atom. The second-order valence-electron chi connectivity index (χ2n) is 7.53. The Bertz CT molecular complexity index is 1280. The number of rotatable bonds is 7. The summed E-state index contributed by atoms with van der Waals surface area (Å²) in [6, 6.07) is 12.5. The molecule has 4 aromatic rings. The van der Waals surface area contributed by atoms with Crippen LogP contribution >= 0.6 is 0 Å². The molecular weight excluding hydrogens is 437 g/mol. The van der Waals surface area contributed by atoms with E-state index in [-0.39, 0.29) is 18.2 Å². The standard InChI is InChI=1S/C23H21F3N4O3/c1-14-13-30(10-9-27-20(31)11-15-3-6-17(32-2)7-4-15)19-12-16(5-8-18(14)19)21-28-22(33-29-21)23(24,25)26/h3-8,12-13H,9-11H2,1-2H3,(H,27,31). The van der Waals surface area contributed by atoms with Gasteiger partial charge in [0, 0.05) is 35.8 Å². The molecule has 1 amide bonds. The molecule has 7 nitrogen and oxygen atoms in total. The number of ether oxygens (including phenoxy) is 1. The summed E-state index contributed by atoms with van der Waals surface area (Å²) in [4.78, 5) is 15.7. The fourth-order valence-electron chi connectivity index (χ4n) is 3.56. The third kappa shape index (κ3) is 5.00. The molecule has 0 atom stereocenters. The van der Waals surface area contributed by atoms with E-state index in [1.807, 2.05) is 35.9 Å². The van der Waals surface area contributed by atoms with Crippen LogP contribution in [0.2, 0.25) is 0 Å². The molecule has 0 spiro atoms. The third-order valence-electron chi connectivity index (χ3n) is 5.21. The fraction of sp³-hybridized carbons (Fsp3) is 0.261. The summed E-state index contributed by atoms with van der Waals surface area (Å²) >= 11 is 0. The van der Waals surface area contributed by atoms with Crippen molar-refractivity contribution >= 4 is 16.8 Å². The van der Waals surface area contributed by atoms with Crippen LogP contribution in [0.5, 0.6) is 5.75 Å². The molecule has 172 valence electrons. The molecule has 0 saturated heterocycles. The van der Waals surface area contributed by atoms with Gasteiger partial charge in [-0.3, -0.25) is 4.79 Å². The number of aromatic nitrogens is 3. The van der Waals surface area contributed by atoms with Crippen molar-refractivity contribution in [1.29, 1.82) is 0 Å². The Morgan fingerprint density at radius 2 is 1.94 bits per heavy atom. The second kappa shape index (κ2) is 8.97. The molecule has 0 aliphatic heterocycles. The van der Waals surface area contributed by atoms with Gasteiger partial charge < -0.3 is 19.1 Å². The molecule has 2 aromatic heterocycles. The van der Waals surface area contributed by atoms with Crippen LogP contribution in [0, 0.1) is 6.92 Å². The zero-order valence-corrected chi connectivity index (χ0v) is 17.9. The monoisotopic (exact) mass is 458 g/mol. The van der Waals surface area contributed by atoms with Crippen molar-refractivity contribution in [2.75, 3.05) is 13.7 Å². The van der Waals surface area contributed by atoms with Crippen molar-refractivity contribution < 1.29 is 27.2 Å². The van der Waals surface area contributed by atoms with Crippen LogP contribution in [0.4, 0.5) is 13.2 Å². The quantitative estimate of drug-likeness (QED) is 0.444. The minimum Gasteiger partial charge on any atom is -0.497 e. The lowest BCUT2D eigenvalue weighted by molar-refractivity contribution is -0.159. The molecule has 0 saturated carbocycles. The smallest absolute Gasteiger partial charge is 0.471 e. The average molecular weight is 458 g/mol. The SMILES string of the molecule is COc1ccc(CC(=O)NCCn2cc(C)c3ccc(-c4noc(C(F)(F)F)n4)cc32)cc1. The maximum Gasteiger partial charge on any atom is 0.471 e. The molecule has 4 rings (SSSR count). The van der Waals surface area contributed by atoms with Crippen molar-refractivity contribution in [2.45, 2.75) is 26.1 Å². The summed E-state index contributed by atoms with van der Waals surface area (Å²) in [5.41, 5.74) is 3.08. The number of carbonyl (C=O) groups excluding carboxylic acids is 1. The average Bonchev–Trinajstić information content (AvgIpc) is 3.40. The topological polar surface area (TPSA) is 82.2 Å². The Labute approximate surface area is 187 Å². The molecule has 2 heterocycles. The minimum absolute atomic E-state index is 0.111. The third-order valence-corrected chi connectivity index (χ3v) is 5.21. The largest absolute Gasteiger partial charge is 0.497 e. The molecular formula is C23H21F3N4O3. The van der Waals surface area contributed by atoms with Gasteiger partial charge in [0.15, 0.2) is 0 Å². The highest BCUT2D eigenvalue weighted by atomic mass is 19.4. The Hall–Kier alpha value is -3.82. The van der Waals surface area contributed by atoms with E-state index in [0.717, 1.165) is 27.8 Å².